The van der Waals surface area contributed by atoms with Crippen LogP contribution in [0.25, 0.3) is 10.2 Å². The molecule has 0 bridgehead atoms. The van der Waals surface area contributed by atoms with Gasteiger partial charge in [-0.2, -0.15) is 0 Å². The number of carbonyl (C=O) groups excluding carboxylic acids is 1. The summed E-state index contributed by atoms with van der Waals surface area (Å²) in [5.41, 5.74) is 0.675. The minimum absolute atomic E-state index is 0.120. The molecule has 0 saturated carbocycles. The van der Waals surface area contributed by atoms with Crippen LogP contribution in [-0.4, -0.2) is 15.5 Å². The molecule has 1 amide bonds. The van der Waals surface area contributed by atoms with Crippen molar-refractivity contribution in [1.82, 2.24) is 9.55 Å². The van der Waals surface area contributed by atoms with Gasteiger partial charge in [-0.05, 0) is 24.3 Å². The Morgan fingerprint density at radius 1 is 1.32 bits per heavy atom. The number of nitrogens with zero attached hydrogens (tertiary/aromatic N) is 2. The summed E-state index contributed by atoms with van der Waals surface area (Å²) in [6.07, 6.45) is 1.87. The predicted octanol–water partition coefficient (Wildman–Crippen LogP) is 3.14. The van der Waals surface area contributed by atoms with Gasteiger partial charge >= 0.3 is 0 Å². The van der Waals surface area contributed by atoms with Crippen LogP contribution in [0.15, 0.2) is 47.4 Å². The van der Waals surface area contributed by atoms with Crippen molar-refractivity contribution in [2.75, 3.05) is 5.32 Å². The van der Waals surface area contributed by atoms with Gasteiger partial charge in [0.2, 0.25) is 5.91 Å². The minimum atomic E-state index is -0.180. The van der Waals surface area contributed by atoms with Gasteiger partial charge in [-0.15, -0.1) is 0 Å². The second kappa shape index (κ2) is 6.29. The lowest BCUT2D eigenvalue weighted by Gasteiger charge is -2.04. The Labute approximate surface area is 135 Å². The Hall–Kier alpha value is -2.18. The van der Waals surface area contributed by atoms with Crippen molar-refractivity contribution in [2.45, 2.75) is 13.0 Å². The first-order chi connectivity index (χ1) is 10.6. The molecule has 2 aromatic heterocycles. The fourth-order valence-electron chi connectivity index (χ4n) is 2.00. The molecule has 3 aromatic rings. The Bertz CT molecular complexity index is 888. The number of nitrogens with one attached hydrogen (secondary N) is 1. The molecular weight excluding hydrogens is 322 g/mol. The van der Waals surface area contributed by atoms with Gasteiger partial charge in [-0.1, -0.05) is 29.0 Å². The number of rotatable bonds is 4. The first-order valence-corrected chi connectivity index (χ1v) is 7.83. The summed E-state index contributed by atoms with van der Waals surface area (Å²) in [4.78, 5) is 27.8. The number of anilines is 1. The van der Waals surface area contributed by atoms with Gasteiger partial charge in [0, 0.05) is 30.3 Å². The molecule has 3 rings (SSSR count). The van der Waals surface area contributed by atoms with Crippen LogP contribution in [0.1, 0.15) is 6.42 Å². The number of aromatic nitrogens is 2. The first kappa shape index (κ1) is 14.7. The van der Waals surface area contributed by atoms with Crippen LogP contribution >= 0.6 is 22.9 Å². The van der Waals surface area contributed by atoms with E-state index >= 15 is 0 Å². The molecule has 0 saturated heterocycles. The van der Waals surface area contributed by atoms with E-state index in [1.165, 1.54) is 22.0 Å². The van der Waals surface area contributed by atoms with Crippen LogP contribution in [0.2, 0.25) is 5.02 Å². The molecule has 1 aromatic carbocycles. The predicted molar refractivity (Wildman–Crippen MR) is 88.6 cm³/mol. The zero-order valence-electron chi connectivity index (χ0n) is 11.5. The molecular formula is C15H12ClN3O2S. The highest BCUT2D eigenvalue weighted by molar-refractivity contribution is 7.22. The second-order valence-electron chi connectivity index (χ2n) is 4.66. The van der Waals surface area contributed by atoms with E-state index in [2.05, 4.69) is 10.3 Å². The van der Waals surface area contributed by atoms with Crippen molar-refractivity contribution in [2.24, 2.45) is 0 Å². The zero-order valence-corrected chi connectivity index (χ0v) is 13.0. The van der Waals surface area contributed by atoms with Gasteiger partial charge in [0.25, 0.3) is 5.56 Å². The summed E-state index contributed by atoms with van der Waals surface area (Å²) in [6.45, 7) is 0.336. The van der Waals surface area contributed by atoms with E-state index in [4.69, 9.17) is 11.6 Å². The Morgan fingerprint density at radius 2 is 2.18 bits per heavy atom. The molecule has 7 heteroatoms. The van der Waals surface area contributed by atoms with Crippen molar-refractivity contribution >= 4 is 44.2 Å². The van der Waals surface area contributed by atoms with E-state index in [9.17, 15) is 9.59 Å². The smallest absolute Gasteiger partial charge is 0.250 e. The fourth-order valence-corrected chi connectivity index (χ4v) is 3.16. The van der Waals surface area contributed by atoms with Crippen molar-refractivity contribution < 1.29 is 4.79 Å². The Kier molecular flexibility index (Phi) is 4.22. The molecule has 0 unspecified atom stereocenters. The van der Waals surface area contributed by atoms with Crippen molar-refractivity contribution in [3.63, 3.8) is 0 Å². The summed E-state index contributed by atoms with van der Waals surface area (Å²) in [5, 5.41) is 3.92. The number of aryl methyl sites for hydroxylation is 1. The molecule has 0 aliphatic carbocycles. The quantitative estimate of drug-likeness (QED) is 0.797. The molecule has 0 aliphatic rings. The molecule has 0 aliphatic heterocycles. The van der Waals surface area contributed by atoms with E-state index in [1.807, 2.05) is 12.1 Å². The maximum Gasteiger partial charge on any atom is 0.250 e. The molecule has 112 valence electrons. The maximum absolute atomic E-state index is 12.0. The van der Waals surface area contributed by atoms with Gasteiger partial charge in [-0.3, -0.25) is 9.59 Å². The van der Waals surface area contributed by atoms with Crippen LogP contribution in [0.3, 0.4) is 0 Å². The maximum atomic E-state index is 12.0. The van der Waals surface area contributed by atoms with Gasteiger partial charge in [0.1, 0.15) is 0 Å². The van der Waals surface area contributed by atoms with Gasteiger partial charge in [0.15, 0.2) is 5.13 Å². The van der Waals surface area contributed by atoms with Gasteiger partial charge in [-0.25, -0.2) is 4.98 Å². The number of carbonyl (C=O) groups is 1. The average Bonchev–Trinajstić information content (AvgIpc) is 2.87. The second-order valence-corrected chi connectivity index (χ2v) is 6.13. The zero-order chi connectivity index (χ0) is 15.5. The molecule has 5 nitrogen and oxygen atoms in total. The van der Waals surface area contributed by atoms with Crippen molar-refractivity contribution in [1.29, 1.82) is 0 Å². The molecule has 0 radical (unpaired) electrons. The van der Waals surface area contributed by atoms with Crippen molar-refractivity contribution in [3.05, 3.63) is 58.0 Å². The standard InChI is InChI=1S/C15H12ClN3O2S/c16-10-4-5-11-12(9-10)22-15(17-11)18-13(20)6-8-19-7-2-1-3-14(19)21/h1-5,7,9H,6,8H2,(H,17,18,20). The van der Waals surface area contributed by atoms with Gasteiger partial charge < -0.3 is 9.88 Å². The summed E-state index contributed by atoms with van der Waals surface area (Å²) in [5.74, 6) is -0.180. The summed E-state index contributed by atoms with van der Waals surface area (Å²) in [7, 11) is 0. The average molecular weight is 334 g/mol. The number of fused-ring (bicyclic) bond motifs is 1. The molecule has 0 atom stereocenters. The number of benzene rings is 1. The SMILES string of the molecule is O=C(CCn1ccccc1=O)Nc1nc2ccc(Cl)cc2s1. The van der Waals surface area contributed by atoms with E-state index in [0.29, 0.717) is 16.7 Å². The Balaban J connectivity index is 1.65. The highest BCUT2D eigenvalue weighted by atomic mass is 35.5. The highest BCUT2D eigenvalue weighted by Gasteiger charge is 2.08. The van der Waals surface area contributed by atoms with Crippen LogP contribution in [0.5, 0.6) is 0 Å². The van der Waals surface area contributed by atoms with E-state index in [0.717, 1.165) is 10.2 Å². The first-order valence-electron chi connectivity index (χ1n) is 6.63. The summed E-state index contributed by atoms with van der Waals surface area (Å²) in [6, 6.07) is 10.3. The van der Waals surface area contributed by atoms with E-state index in [1.54, 1.807) is 24.4 Å². The molecule has 22 heavy (non-hydrogen) atoms. The van der Waals surface area contributed by atoms with Crippen LogP contribution in [0.4, 0.5) is 5.13 Å². The lowest BCUT2D eigenvalue weighted by atomic mass is 10.3. The largest absolute Gasteiger partial charge is 0.315 e. The number of amides is 1. The van der Waals surface area contributed by atoms with Crippen LogP contribution in [0, 0.1) is 0 Å². The molecule has 0 fully saturated rings. The Morgan fingerprint density at radius 3 is 3.00 bits per heavy atom. The molecule has 2 heterocycles. The lowest BCUT2D eigenvalue weighted by Crippen LogP contribution is -2.21. The third-order valence-electron chi connectivity index (χ3n) is 3.08. The summed E-state index contributed by atoms with van der Waals surface area (Å²) >= 11 is 7.29. The molecule has 1 N–H and O–H groups in total. The number of hydrogen-bond donors (Lipinski definition) is 1. The van der Waals surface area contributed by atoms with Crippen LogP contribution in [-0.2, 0) is 11.3 Å². The number of thiazole rings is 1. The highest BCUT2D eigenvalue weighted by Crippen LogP contribution is 2.28. The topological polar surface area (TPSA) is 64.0 Å². The third kappa shape index (κ3) is 3.35. The monoisotopic (exact) mass is 333 g/mol. The van der Waals surface area contributed by atoms with E-state index in [-0.39, 0.29) is 17.9 Å². The molecule has 0 spiro atoms. The van der Waals surface area contributed by atoms with Gasteiger partial charge in [0.05, 0.1) is 10.2 Å². The van der Waals surface area contributed by atoms with Crippen molar-refractivity contribution in [3.8, 4) is 0 Å². The number of hydrogen-bond acceptors (Lipinski definition) is 4. The van der Waals surface area contributed by atoms with E-state index < -0.39 is 0 Å². The lowest BCUT2D eigenvalue weighted by molar-refractivity contribution is -0.116. The fraction of sp³-hybridized carbons (Fsp3) is 0.133. The number of halogens is 1. The third-order valence-corrected chi connectivity index (χ3v) is 4.24. The minimum Gasteiger partial charge on any atom is -0.315 e. The normalized spacial score (nSPS) is 10.8. The summed E-state index contributed by atoms with van der Waals surface area (Å²) < 4.78 is 2.42. The number of pyridine rings is 1. The van der Waals surface area contributed by atoms with Crippen LogP contribution < -0.4 is 10.9 Å².